The van der Waals surface area contributed by atoms with Gasteiger partial charge in [-0.25, -0.2) is 0 Å². The molecule has 0 radical (unpaired) electrons. The van der Waals surface area contributed by atoms with Crippen LogP contribution in [0.2, 0.25) is 0 Å². The number of carbonyl (C=O) groups is 1. The second-order valence-corrected chi connectivity index (χ2v) is 7.36. The Balaban J connectivity index is 1.36. The minimum absolute atomic E-state index is 0.0775. The van der Waals surface area contributed by atoms with E-state index in [2.05, 4.69) is 15.0 Å². The Morgan fingerprint density at radius 2 is 1.80 bits per heavy atom. The average molecular weight is 407 g/mol. The number of ether oxygens (including phenoxy) is 2. The molecule has 0 spiro atoms. The maximum absolute atomic E-state index is 12.6. The fourth-order valence-corrected chi connectivity index (χ4v) is 3.79. The van der Waals surface area contributed by atoms with Crippen LogP contribution >= 0.6 is 0 Å². The van der Waals surface area contributed by atoms with Gasteiger partial charge in [0, 0.05) is 17.0 Å². The van der Waals surface area contributed by atoms with Gasteiger partial charge in [0.15, 0.2) is 17.3 Å². The normalized spacial score (nSPS) is 15.1. The summed E-state index contributed by atoms with van der Waals surface area (Å²) in [5, 5.41) is 4.10. The molecule has 3 aromatic rings. The largest absolute Gasteiger partial charge is 0.493 e. The molecule has 1 aliphatic rings. The fraction of sp³-hybridized carbons (Fsp3) is 0.348. The summed E-state index contributed by atoms with van der Waals surface area (Å²) in [6.07, 6.45) is 1.68. The maximum atomic E-state index is 12.6. The van der Waals surface area contributed by atoms with Crippen molar-refractivity contribution in [2.75, 3.05) is 27.3 Å². The molecule has 0 atom stereocenters. The highest BCUT2D eigenvalue weighted by atomic mass is 16.5. The number of ketones is 1. The second-order valence-electron chi connectivity index (χ2n) is 7.36. The molecule has 0 amide bonds. The molecular formula is C23H25N3O4. The van der Waals surface area contributed by atoms with Crippen LogP contribution in [0.5, 0.6) is 11.5 Å². The van der Waals surface area contributed by atoms with Crippen LogP contribution in [0.3, 0.4) is 0 Å². The van der Waals surface area contributed by atoms with Gasteiger partial charge < -0.3 is 14.0 Å². The number of methoxy groups -OCH3 is 2. The van der Waals surface area contributed by atoms with Crippen LogP contribution in [0.1, 0.15) is 29.1 Å². The average Bonchev–Trinajstić information content (AvgIpc) is 3.27. The minimum Gasteiger partial charge on any atom is -0.493 e. The van der Waals surface area contributed by atoms with Gasteiger partial charge in [-0.3, -0.25) is 9.69 Å². The molecule has 7 heteroatoms. The standard InChI is InChI=1S/C23H25N3O4/c1-28-19-9-8-18(14-20(19)29-2)23-24-21(30-25-23)15-26-12-10-17(11-13-26)22(27)16-6-4-3-5-7-16/h3-9,14,17H,10-13,15H2,1-2H3. The van der Waals surface area contributed by atoms with Crippen molar-refractivity contribution < 1.29 is 18.8 Å². The first-order chi connectivity index (χ1) is 14.7. The van der Waals surface area contributed by atoms with Gasteiger partial charge >= 0.3 is 0 Å². The van der Waals surface area contributed by atoms with E-state index in [0.717, 1.165) is 37.1 Å². The number of benzene rings is 2. The van der Waals surface area contributed by atoms with Crippen molar-refractivity contribution in [1.82, 2.24) is 15.0 Å². The number of aromatic nitrogens is 2. The predicted octanol–water partition coefficient (Wildman–Crippen LogP) is 3.85. The first-order valence-electron chi connectivity index (χ1n) is 10.0. The van der Waals surface area contributed by atoms with Crippen molar-refractivity contribution in [2.24, 2.45) is 5.92 Å². The van der Waals surface area contributed by atoms with Gasteiger partial charge in [-0.1, -0.05) is 35.5 Å². The smallest absolute Gasteiger partial charge is 0.241 e. The molecule has 30 heavy (non-hydrogen) atoms. The van der Waals surface area contributed by atoms with E-state index in [1.54, 1.807) is 14.2 Å². The molecular weight excluding hydrogens is 382 g/mol. The van der Waals surface area contributed by atoms with Gasteiger partial charge in [-0.05, 0) is 44.1 Å². The summed E-state index contributed by atoms with van der Waals surface area (Å²) in [7, 11) is 3.19. The van der Waals surface area contributed by atoms with E-state index in [1.807, 2.05) is 48.5 Å². The molecule has 0 saturated carbocycles. The fourth-order valence-electron chi connectivity index (χ4n) is 3.79. The molecule has 1 fully saturated rings. The maximum Gasteiger partial charge on any atom is 0.241 e. The van der Waals surface area contributed by atoms with Gasteiger partial charge in [0.1, 0.15) is 0 Å². The van der Waals surface area contributed by atoms with Crippen molar-refractivity contribution in [3.05, 3.63) is 60.0 Å². The summed E-state index contributed by atoms with van der Waals surface area (Å²) < 4.78 is 16.1. The van der Waals surface area contributed by atoms with Crippen LogP contribution in [0.4, 0.5) is 0 Å². The molecule has 4 rings (SSSR count). The van der Waals surface area contributed by atoms with E-state index in [4.69, 9.17) is 14.0 Å². The van der Waals surface area contributed by atoms with Gasteiger partial charge in [-0.15, -0.1) is 0 Å². The minimum atomic E-state index is 0.0775. The zero-order chi connectivity index (χ0) is 20.9. The molecule has 2 aromatic carbocycles. The lowest BCUT2D eigenvalue weighted by atomic mass is 9.89. The Morgan fingerprint density at radius 1 is 1.07 bits per heavy atom. The van der Waals surface area contributed by atoms with Gasteiger partial charge in [0.05, 0.1) is 20.8 Å². The summed E-state index contributed by atoms with van der Waals surface area (Å²) >= 11 is 0. The number of Topliss-reactive ketones (excluding diaryl/α,β-unsaturated/α-hetero) is 1. The molecule has 1 saturated heterocycles. The highest BCUT2D eigenvalue weighted by Crippen LogP contribution is 2.31. The van der Waals surface area contributed by atoms with Crippen LogP contribution in [-0.2, 0) is 6.54 Å². The Morgan fingerprint density at radius 3 is 2.50 bits per heavy atom. The Bertz CT molecular complexity index is 995. The number of nitrogens with zero attached hydrogens (tertiary/aromatic N) is 3. The first kappa shape index (κ1) is 20.1. The third kappa shape index (κ3) is 4.36. The zero-order valence-corrected chi connectivity index (χ0v) is 17.2. The molecule has 7 nitrogen and oxygen atoms in total. The Kier molecular flexibility index (Phi) is 6.09. The number of rotatable bonds is 7. The highest BCUT2D eigenvalue weighted by Gasteiger charge is 2.26. The third-order valence-corrected chi connectivity index (χ3v) is 5.49. The molecule has 2 heterocycles. The van der Waals surface area contributed by atoms with E-state index in [9.17, 15) is 4.79 Å². The molecule has 156 valence electrons. The van der Waals surface area contributed by atoms with E-state index in [-0.39, 0.29) is 11.7 Å². The number of piperidine rings is 1. The third-order valence-electron chi connectivity index (χ3n) is 5.49. The van der Waals surface area contributed by atoms with Gasteiger partial charge in [0.25, 0.3) is 0 Å². The number of likely N-dealkylation sites (tertiary alicyclic amines) is 1. The molecule has 1 aliphatic heterocycles. The van der Waals surface area contributed by atoms with Crippen LogP contribution in [-0.4, -0.2) is 48.1 Å². The van der Waals surface area contributed by atoms with Crippen molar-refractivity contribution in [1.29, 1.82) is 0 Å². The van der Waals surface area contributed by atoms with Crippen molar-refractivity contribution in [2.45, 2.75) is 19.4 Å². The van der Waals surface area contributed by atoms with Crippen LogP contribution in [0.25, 0.3) is 11.4 Å². The van der Waals surface area contributed by atoms with E-state index < -0.39 is 0 Å². The Labute approximate surface area is 175 Å². The SMILES string of the molecule is COc1ccc(-c2noc(CN3CCC(C(=O)c4ccccc4)CC3)n2)cc1OC. The first-order valence-corrected chi connectivity index (χ1v) is 10.0. The lowest BCUT2D eigenvalue weighted by molar-refractivity contribution is 0.0825. The van der Waals surface area contributed by atoms with E-state index >= 15 is 0 Å². The van der Waals surface area contributed by atoms with Crippen LogP contribution in [0, 0.1) is 5.92 Å². The van der Waals surface area contributed by atoms with Crippen LogP contribution in [0.15, 0.2) is 53.1 Å². The number of carbonyl (C=O) groups excluding carboxylic acids is 1. The predicted molar refractivity (Wildman–Crippen MR) is 112 cm³/mol. The van der Waals surface area contributed by atoms with Crippen molar-refractivity contribution in [3.8, 4) is 22.9 Å². The van der Waals surface area contributed by atoms with E-state index in [1.165, 1.54) is 0 Å². The summed E-state index contributed by atoms with van der Waals surface area (Å²) in [5.74, 6) is 2.66. The molecule has 0 unspecified atom stereocenters. The monoisotopic (exact) mass is 407 g/mol. The van der Waals surface area contributed by atoms with Crippen molar-refractivity contribution >= 4 is 5.78 Å². The molecule has 0 N–H and O–H groups in total. The quantitative estimate of drug-likeness (QED) is 0.551. The van der Waals surface area contributed by atoms with E-state index in [0.29, 0.717) is 29.8 Å². The van der Waals surface area contributed by atoms with Crippen LogP contribution < -0.4 is 9.47 Å². The molecule has 0 bridgehead atoms. The number of hydrogen-bond acceptors (Lipinski definition) is 7. The summed E-state index contributed by atoms with van der Waals surface area (Å²) in [4.78, 5) is 19.4. The highest BCUT2D eigenvalue weighted by molar-refractivity contribution is 5.97. The molecule has 0 aliphatic carbocycles. The summed E-state index contributed by atoms with van der Waals surface area (Å²) in [5.41, 5.74) is 1.60. The lowest BCUT2D eigenvalue weighted by Crippen LogP contribution is -2.36. The second kappa shape index (κ2) is 9.09. The zero-order valence-electron chi connectivity index (χ0n) is 17.2. The van der Waals surface area contributed by atoms with Gasteiger partial charge in [-0.2, -0.15) is 4.98 Å². The van der Waals surface area contributed by atoms with Crippen molar-refractivity contribution in [3.63, 3.8) is 0 Å². The number of hydrogen-bond donors (Lipinski definition) is 0. The molecule has 1 aromatic heterocycles. The Hall–Kier alpha value is -3.19. The topological polar surface area (TPSA) is 77.7 Å². The lowest BCUT2D eigenvalue weighted by Gasteiger charge is -2.30. The summed E-state index contributed by atoms with van der Waals surface area (Å²) in [6, 6.07) is 15.1. The summed E-state index contributed by atoms with van der Waals surface area (Å²) in [6.45, 7) is 2.24. The van der Waals surface area contributed by atoms with Gasteiger partial charge in [0.2, 0.25) is 11.7 Å².